The predicted molar refractivity (Wildman–Crippen MR) is 110 cm³/mol. The summed E-state index contributed by atoms with van der Waals surface area (Å²) < 4.78 is 16.6. The van der Waals surface area contributed by atoms with E-state index in [1.54, 1.807) is 12.3 Å². The standard InChI is InChI=1S/C22H30FN5O/c1-22(2,3)28-12-16(11-25-28)13-4-5-14(18(23)9-13)10-19(24)27-21(29)20-15-6-7-17(8-15)26-20/h4-5,9,11-12,15,17,19-20,26H,6-8,10,24H2,1-3H3,(H,27,29). The second-order valence-corrected chi connectivity index (χ2v) is 9.38. The molecule has 1 aromatic carbocycles. The molecule has 4 rings (SSSR count). The van der Waals surface area contributed by atoms with E-state index in [9.17, 15) is 9.18 Å². The van der Waals surface area contributed by atoms with Crippen molar-refractivity contribution in [2.75, 3.05) is 0 Å². The van der Waals surface area contributed by atoms with Gasteiger partial charge in [-0.2, -0.15) is 5.10 Å². The highest BCUT2D eigenvalue weighted by molar-refractivity contribution is 5.83. The predicted octanol–water partition coefficient (Wildman–Crippen LogP) is 2.53. The Hall–Kier alpha value is -2.25. The molecule has 2 aliphatic rings. The van der Waals surface area contributed by atoms with Crippen molar-refractivity contribution in [3.05, 3.63) is 42.0 Å². The summed E-state index contributed by atoms with van der Waals surface area (Å²) >= 11 is 0. The third-order valence-electron chi connectivity index (χ3n) is 6.07. The van der Waals surface area contributed by atoms with Crippen LogP contribution >= 0.6 is 0 Å². The van der Waals surface area contributed by atoms with Crippen LogP contribution in [0.3, 0.4) is 0 Å². The zero-order chi connectivity index (χ0) is 20.8. The van der Waals surface area contributed by atoms with Gasteiger partial charge in [0.2, 0.25) is 5.91 Å². The molecule has 4 N–H and O–H groups in total. The molecule has 1 amide bonds. The van der Waals surface area contributed by atoms with Crippen molar-refractivity contribution >= 4 is 5.91 Å². The molecule has 6 nitrogen and oxygen atoms in total. The van der Waals surface area contributed by atoms with Gasteiger partial charge in [-0.25, -0.2) is 4.39 Å². The number of hydrogen-bond acceptors (Lipinski definition) is 4. The number of amides is 1. The van der Waals surface area contributed by atoms with Gasteiger partial charge in [0, 0.05) is 24.2 Å². The van der Waals surface area contributed by atoms with Crippen molar-refractivity contribution in [2.45, 2.75) is 70.2 Å². The molecule has 2 aromatic rings. The van der Waals surface area contributed by atoms with Crippen LogP contribution in [0.4, 0.5) is 4.39 Å². The number of nitrogens with one attached hydrogen (secondary N) is 2. The van der Waals surface area contributed by atoms with Gasteiger partial charge in [0.05, 0.1) is 23.9 Å². The molecule has 1 saturated heterocycles. The van der Waals surface area contributed by atoms with Crippen molar-refractivity contribution < 1.29 is 9.18 Å². The van der Waals surface area contributed by atoms with E-state index < -0.39 is 6.17 Å². The summed E-state index contributed by atoms with van der Waals surface area (Å²) in [4.78, 5) is 12.5. The van der Waals surface area contributed by atoms with Crippen LogP contribution in [-0.2, 0) is 16.8 Å². The molecule has 4 unspecified atom stereocenters. The Morgan fingerprint density at radius 3 is 2.76 bits per heavy atom. The first-order chi connectivity index (χ1) is 13.7. The summed E-state index contributed by atoms with van der Waals surface area (Å²) in [7, 11) is 0. The Kier molecular flexibility index (Phi) is 5.21. The minimum absolute atomic E-state index is 0.0728. The molecule has 0 spiro atoms. The van der Waals surface area contributed by atoms with Gasteiger partial charge >= 0.3 is 0 Å². The molecule has 1 aliphatic carbocycles. The van der Waals surface area contributed by atoms with Crippen LogP contribution in [0.5, 0.6) is 0 Å². The number of benzene rings is 1. The first-order valence-corrected chi connectivity index (χ1v) is 10.4. The lowest BCUT2D eigenvalue weighted by Crippen LogP contribution is -2.53. The summed E-state index contributed by atoms with van der Waals surface area (Å²) in [5.41, 5.74) is 8.10. The van der Waals surface area contributed by atoms with E-state index in [1.165, 1.54) is 6.07 Å². The van der Waals surface area contributed by atoms with Crippen LogP contribution in [0.15, 0.2) is 30.6 Å². The van der Waals surface area contributed by atoms with Gasteiger partial charge in [-0.1, -0.05) is 12.1 Å². The molecule has 4 atom stereocenters. The zero-order valence-corrected chi connectivity index (χ0v) is 17.3. The molecule has 156 valence electrons. The topological polar surface area (TPSA) is 85.0 Å². The van der Waals surface area contributed by atoms with Crippen LogP contribution in [0.25, 0.3) is 11.1 Å². The Morgan fingerprint density at radius 1 is 1.38 bits per heavy atom. The second kappa shape index (κ2) is 7.54. The summed E-state index contributed by atoms with van der Waals surface area (Å²) in [6, 6.07) is 5.41. The molecule has 1 aliphatic heterocycles. The summed E-state index contributed by atoms with van der Waals surface area (Å²) in [5, 5.41) is 10.6. The Balaban J connectivity index is 1.39. The monoisotopic (exact) mass is 399 g/mol. The van der Waals surface area contributed by atoms with Crippen LogP contribution in [-0.4, -0.2) is 33.9 Å². The lowest BCUT2D eigenvalue weighted by atomic mass is 9.99. The maximum absolute atomic E-state index is 14.7. The number of nitrogens with two attached hydrogens (primary N) is 1. The Labute approximate surface area is 171 Å². The second-order valence-electron chi connectivity index (χ2n) is 9.38. The van der Waals surface area contributed by atoms with Crippen molar-refractivity contribution in [3.63, 3.8) is 0 Å². The summed E-state index contributed by atoms with van der Waals surface area (Å²) in [5.74, 6) is 0.00214. The van der Waals surface area contributed by atoms with E-state index in [0.29, 0.717) is 17.5 Å². The van der Waals surface area contributed by atoms with E-state index in [4.69, 9.17) is 5.73 Å². The smallest absolute Gasteiger partial charge is 0.238 e. The molecule has 29 heavy (non-hydrogen) atoms. The third kappa shape index (κ3) is 4.21. The number of carbonyl (C=O) groups excluding carboxylic acids is 1. The van der Waals surface area contributed by atoms with Gasteiger partial charge in [0.25, 0.3) is 0 Å². The van der Waals surface area contributed by atoms with Crippen LogP contribution in [0.2, 0.25) is 0 Å². The minimum atomic E-state index is -0.618. The van der Waals surface area contributed by atoms with Crippen molar-refractivity contribution in [1.82, 2.24) is 20.4 Å². The fraction of sp³-hybridized carbons (Fsp3) is 0.545. The van der Waals surface area contributed by atoms with Gasteiger partial charge in [-0.05, 0) is 63.1 Å². The number of aromatic nitrogens is 2. The SMILES string of the molecule is CC(C)(C)n1cc(-c2ccc(CC(N)NC(=O)C3NC4CCC3C4)c(F)c2)cn1. The maximum Gasteiger partial charge on any atom is 0.238 e. The highest BCUT2D eigenvalue weighted by atomic mass is 19.1. The molecule has 2 bridgehead atoms. The highest BCUT2D eigenvalue weighted by Gasteiger charge is 2.42. The average molecular weight is 400 g/mol. The van der Waals surface area contributed by atoms with E-state index in [-0.39, 0.29) is 29.7 Å². The zero-order valence-electron chi connectivity index (χ0n) is 17.3. The molecule has 7 heteroatoms. The lowest BCUT2D eigenvalue weighted by Gasteiger charge is -2.24. The fourth-order valence-electron chi connectivity index (χ4n) is 4.44. The van der Waals surface area contributed by atoms with E-state index >= 15 is 0 Å². The number of rotatable bonds is 5. The molecule has 2 fully saturated rings. The largest absolute Gasteiger partial charge is 0.339 e. The van der Waals surface area contributed by atoms with Gasteiger partial charge < -0.3 is 16.4 Å². The van der Waals surface area contributed by atoms with E-state index in [0.717, 1.165) is 30.4 Å². The first kappa shape index (κ1) is 20.0. The van der Waals surface area contributed by atoms with Crippen LogP contribution in [0.1, 0.15) is 45.6 Å². The quantitative estimate of drug-likeness (QED) is 0.675. The fourth-order valence-corrected chi connectivity index (χ4v) is 4.44. The Morgan fingerprint density at radius 2 is 2.17 bits per heavy atom. The van der Waals surface area contributed by atoms with E-state index in [1.807, 2.05) is 16.9 Å². The van der Waals surface area contributed by atoms with E-state index in [2.05, 4.69) is 36.5 Å². The lowest BCUT2D eigenvalue weighted by molar-refractivity contribution is -0.124. The molecule has 2 heterocycles. The summed E-state index contributed by atoms with van der Waals surface area (Å²) in [6.45, 7) is 6.19. The van der Waals surface area contributed by atoms with Crippen LogP contribution < -0.4 is 16.4 Å². The van der Waals surface area contributed by atoms with Gasteiger partial charge in [0.1, 0.15) is 5.82 Å². The number of carbonyl (C=O) groups is 1. The molecule has 1 aromatic heterocycles. The van der Waals surface area contributed by atoms with Gasteiger partial charge in [0.15, 0.2) is 0 Å². The maximum atomic E-state index is 14.7. The average Bonchev–Trinajstić information content (AvgIpc) is 3.39. The third-order valence-corrected chi connectivity index (χ3v) is 6.07. The number of fused-ring (bicyclic) bond motifs is 2. The number of piperidine rings is 1. The number of halogens is 1. The van der Waals surface area contributed by atoms with Gasteiger partial charge in [-0.15, -0.1) is 0 Å². The molecular formula is C22H30FN5O. The molecule has 1 saturated carbocycles. The van der Waals surface area contributed by atoms with Crippen molar-refractivity contribution in [1.29, 1.82) is 0 Å². The first-order valence-electron chi connectivity index (χ1n) is 10.4. The van der Waals surface area contributed by atoms with Gasteiger partial charge in [-0.3, -0.25) is 9.48 Å². The Bertz CT molecular complexity index is 903. The van der Waals surface area contributed by atoms with Crippen molar-refractivity contribution in [3.8, 4) is 11.1 Å². The summed E-state index contributed by atoms with van der Waals surface area (Å²) in [6.07, 6.45) is 6.60. The van der Waals surface area contributed by atoms with Crippen LogP contribution in [0, 0.1) is 11.7 Å². The molecule has 0 radical (unpaired) electrons. The minimum Gasteiger partial charge on any atom is -0.339 e. The highest BCUT2D eigenvalue weighted by Crippen LogP contribution is 2.35. The normalized spacial score (nSPS) is 24.7. The molecular weight excluding hydrogens is 369 g/mol. The number of hydrogen-bond donors (Lipinski definition) is 3. The van der Waals surface area contributed by atoms with Crippen molar-refractivity contribution in [2.24, 2.45) is 11.7 Å². The number of nitrogens with zero attached hydrogens (tertiary/aromatic N) is 2.